The van der Waals surface area contributed by atoms with Crippen LogP contribution in [0.5, 0.6) is 0 Å². The summed E-state index contributed by atoms with van der Waals surface area (Å²) < 4.78 is 13.5. The van der Waals surface area contributed by atoms with Crippen LogP contribution in [-0.2, 0) is 6.42 Å². The third-order valence-corrected chi connectivity index (χ3v) is 3.93. The molecule has 3 rings (SSSR count). The average molecular weight is 276 g/mol. The average Bonchev–Trinajstić information content (AvgIpc) is 2.76. The Morgan fingerprint density at radius 3 is 2.84 bits per heavy atom. The summed E-state index contributed by atoms with van der Waals surface area (Å²) in [4.78, 5) is 0. The lowest BCUT2D eigenvalue weighted by molar-refractivity contribution is 0.618. The Morgan fingerprint density at radius 2 is 2.05 bits per heavy atom. The number of fused-ring (bicyclic) bond motifs is 1. The van der Waals surface area contributed by atoms with Crippen LogP contribution in [-0.4, -0.2) is 0 Å². The second-order valence-electron chi connectivity index (χ2n) is 5.04. The van der Waals surface area contributed by atoms with Crippen molar-refractivity contribution in [2.45, 2.75) is 25.8 Å². The molecule has 0 spiro atoms. The quantitative estimate of drug-likeness (QED) is 0.823. The van der Waals surface area contributed by atoms with Gasteiger partial charge in [-0.15, -0.1) is 0 Å². The van der Waals surface area contributed by atoms with Gasteiger partial charge < -0.3 is 5.32 Å². The van der Waals surface area contributed by atoms with Crippen molar-refractivity contribution in [3.63, 3.8) is 0 Å². The van der Waals surface area contributed by atoms with Gasteiger partial charge >= 0.3 is 0 Å². The van der Waals surface area contributed by atoms with Crippen LogP contribution >= 0.6 is 11.6 Å². The van der Waals surface area contributed by atoms with Gasteiger partial charge in [-0.2, -0.15) is 0 Å². The smallest absolute Gasteiger partial charge is 0.128 e. The molecule has 0 heterocycles. The number of hydrogen-bond acceptors (Lipinski definition) is 1. The van der Waals surface area contributed by atoms with E-state index in [4.69, 9.17) is 11.6 Å². The van der Waals surface area contributed by atoms with E-state index >= 15 is 0 Å². The highest BCUT2D eigenvalue weighted by Crippen LogP contribution is 2.35. The van der Waals surface area contributed by atoms with Crippen LogP contribution in [0.15, 0.2) is 36.4 Å². The molecule has 0 amide bonds. The topological polar surface area (TPSA) is 12.0 Å². The van der Waals surface area contributed by atoms with Gasteiger partial charge in [0.2, 0.25) is 0 Å². The van der Waals surface area contributed by atoms with Crippen molar-refractivity contribution >= 4 is 17.3 Å². The number of benzene rings is 2. The van der Waals surface area contributed by atoms with Crippen molar-refractivity contribution in [1.29, 1.82) is 0 Å². The molecule has 98 valence electrons. The van der Waals surface area contributed by atoms with Crippen LogP contribution in [0.2, 0.25) is 5.02 Å². The van der Waals surface area contributed by atoms with E-state index in [0.29, 0.717) is 5.56 Å². The maximum atomic E-state index is 13.5. The zero-order valence-corrected chi connectivity index (χ0v) is 11.5. The molecule has 0 bridgehead atoms. The van der Waals surface area contributed by atoms with E-state index in [0.717, 1.165) is 23.6 Å². The summed E-state index contributed by atoms with van der Waals surface area (Å²) in [5.74, 6) is -0.167. The van der Waals surface area contributed by atoms with E-state index in [1.54, 1.807) is 19.1 Å². The molecule has 0 saturated carbocycles. The minimum Gasteiger partial charge on any atom is -0.378 e. The van der Waals surface area contributed by atoms with Crippen LogP contribution < -0.4 is 5.32 Å². The number of halogens is 2. The van der Waals surface area contributed by atoms with Gasteiger partial charge in [-0.05, 0) is 60.7 Å². The Bertz CT molecular complexity index is 624. The summed E-state index contributed by atoms with van der Waals surface area (Å²) in [6.45, 7) is 1.77. The number of aryl methyl sites for hydroxylation is 2. The Balaban J connectivity index is 1.84. The minimum absolute atomic E-state index is 0.167. The predicted octanol–water partition coefficient (Wildman–Crippen LogP) is 4.89. The fraction of sp³-hybridized carbons (Fsp3) is 0.250. The molecule has 1 N–H and O–H groups in total. The molecule has 1 aliphatic rings. The Hall–Kier alpha value is -1.54. The number of anilines is 1. The maximum Gasteiger partial charge on any atom is 0.128 e. The van der Waals surface area contributed by atoms with Gasteiger partial charge in [0.1, 0.15) is 5.82 Å². The molecule has 1 aliphatic carbocycles. The van der Waals surface area contributed by atoms with Gasteiger partial charge in [0.15, 0.2) is 0 Å². The lowest BCUT2D eigenvalue weighted by Crippen LogP contribution is -2.07. The summed E-state index contributed by atoms with van der Waals surface area (Å²) in [7, 11) is 0. The Labute approximate surface area is 117 Å². The molecule has 1 atom stereocenters. The van der Waals surface area contributed by atoms with Crippen LogP contribution in [0.1, 0.15) is 29.2 Å². The number of hydrogen-bond donors (Lipinski definition) is 1. The number of rotatable bonds is 2. The van der Waals surface area contributed by atoms with Crippen LogP contribution in [0.4, 0.5) is 10.1 Å². The molecule has 3 heteroatoms. The van der Waals surface area contributed by atoms with Crippen molar-refractivity contribution in [3.05, 3.63) is 63.9 Å². The number of nitrogens with one attached hydrogen (secondary N) is 1. The minimum atomic E-state index is -0.167. The van der Waals surface area contributed by atoms with Crippen LogP contribution in [0.3, 0.4) is 0 Å². The predicted molar refractivity (Wildman–Crippen MR) is 77.3 cm³/mol. The van der Waals surface area contributed by atoms with Crippen molar-refractivity contribution in [2.24, 2.45) is 0 Å². The maximum absolute atomic E-state index is 13.5. The molecule has 2 aromatic rings. The first kappa shape index (κ1) is 12.5. The first-order valence-electron chi connectivity index (χ1n) is 6.44. The molecular weight excluding hydrogens is 261 g/mol. The molecule has 2 aromatic carbocycles. The zero-order valence-electron chi connectivity index (χ0n) is 10.7. The summed E-state index contributed by atoms with van der Waals surface area (Å²) in [5, 5.41) is 4.18. The largest absolute Gasteiger partial charge is 0.378 e. The van der Waals surface area contributed by atoms with Gasteiger partial charge in [0.25, 0.3) is 0 Å². The lowest BCUT2D eigenvalue weighted by Gasteiger charge is -2.16. The first-order valence-corrected chi connectivity index (χ1v) is 6.82. The zero-order chi connectivity index (χ0) is 13.4. The third-order valence-electron chi connectivity index (χ3n) is 3.70. The summed E-state index contributed by atoms with van der Waals surface area (Å²) in [5.41, 5.74) is 4.06. The molecular formula is C16H15ClFN. The van der Waals surface area contributed by atoms with Crippen LogP contribution in [0.25, 0.3) is 0 Å². The molecule has 19 heavy (non-hydrogen) atoms. The highest BCUT2D eigenvalue weighted by Gasteiger charge is 2.22. The highest BCUT2D eigenvalue weighted by molar-refractivity contribution is 6.30. The molecule has 1 unspecified atom stereocenters. The fourth-order valence-corrected chi connectivity index (χ4v) is 2.81. The van der Waals surface area contributed by atoms with Crippen molar-refractivity contribution in [3.8, 4) is 0 Å². The van der Waals surface area contributed by atoms with Gasteiger partial charge in [-0.3, -0.25) is 0 Å². The lowest BCUT2D eigenvalue weighted by atomic mass is 10.1. The van der Waals surface area contributed by atoms with E-state index < -0.39 is 0 Å². The van der Waals surface area contributed by atoms with E-state index in [2.05, 4.69) is 11.4 Å². The molecule has 1 nitrogen and oxygen atoms in total. The SMILES string of the molecule is Cc1ccc(NC2CCc3cc(Cl)ccc32)cc1F. The van der Waals surface area contributed by atoms with Crippen molar-refractivity contribution in [1.82, 2.24) is 0 Å². The van der Waals surface area contributed by atoms with E-state index in [9.17, 15) is 4.39 Å². The van der Waals surface area contributed by atoms with E-state index in [1.165, 1.54) is 11.1 Å². The summed E-state index contributed by atoms with van der Waals surface area (Å²) in [6.07, 6.45) is 2.03. The van der Waals surface area contributed by atoms with Gasteiger partial charge in [0.05, 0.1) is 6.04 Å². The second kappa shape index (κ2) is 4.86. The van der Waals surface area contributed by atoms with Crippen molar-refractivity contribution < 1.29 is 4.39 Å². The van der Waals surface area contributed by atoms with Gasteiger partial charge in [-0.1, -0.05) is 23.7 Å². The highest BCUT2D eigenvalue weighted by atomic mass is 35.5. The van der Waals surface area contributed by atoms with Crippen molar-refractivity contribution in [2.75, 3.05) is 5.32 Å². The fourth-order valence-electron chi connectivity index (χ4n) is 2.62. The Morgan fingerprint density at radius 1 is 1.21 bits per heavy atom. The molecule has 0 radical (unpaired) electrons. The van der Waals surface area contributed by atoms with Crippen LogP contribution in [0, 0.1) is 12.7 Å². The Kier molecular flexibility index (Phi) is 3.19. The normalized spacial score (nSPS) is 17.3. The van der Waals surface area contributed by atoms with E-state index in [-0.39, 0.29) is 11.9 Å². The standard InChI is InChI=1S/C16H15ClFN/c1-10-2-5-13(9-15(10)18)19-16-7-3-11-8-12(17)4-6-14(11)16/h2,4-6,8-9,16,19H,3,7H2,1H3. The second-order valence-corrected chi connectivity index (χ2v) is 5.48. The summed E-state index contributed by atoms with van der Waals surface area (Å²) in [6, 6.07) is 11.5. The van der Waals surface area contributed by atoms with Gasteiger partial charge in [0, 0.05) is 10.7 Å². The third kappa shape index (κ3) is 2.45. The first-order chi connectivity index (χ1) is 9.13. The molecule has 0 saturated heterocycles. The monoisotopic (exact) mass is 275 g/mol. The molecule has 0 aliphatic heterocycles. The van der Waals surface area contributed by atoms with E-state index in [1.807, 2.05) is 18.2 Å². The van der Waals surface area contributed by atoms with Gasteiger partial charge in [-0.25, -0.2) is 4.39 Å². The molecule has 0 aromatic heterocycles. The molecule has 0 fully saturated rings. The summed E-state index contributed by atoms with van der Waals surface area (Å²) >= 11 is 6.00.